The van der Waals surface area contributed by atoms with Gasteiger partial charge in [-0.15, -0.1) is 0 Å². The van der Waals surface area contributed by atoms with Gasteiger partial charge in [-0.1, -0.05) is 45.2 Å². The molecule has 0 spiro atoms. The highest BCUT2D eigenvalue weighted by molar-refractivity contribution is 5.29. The van der Waals surface area contributed by atoms with Gasteiger partial charge in [-0.2, -0.15) is 0 Å². The summed E-state index contributed by atoms with van der Waals surface area (Å²) in [5, 5.41) is 3.58. The quantitative estimate of drug-likeness (QED) is 0.731. The van der Waals surface area contributed by atoms with Gasteiger partial charge in [0.05, 0.1) is 7.11 Å². The summed E-state index contributed by atoms with van der Waals surface area (Å²) in [6.07, 6.45) is 8.13. The van der Waals surface area contributed by atoms with Crippen LogP contribution in [0.25, 0.3) is 0 Å². The van der Waals surface area contributed by atoms with Crippen molar-refractivity contribution in [2.75, 3.05) is 26.7 Å². The van der Waals surface area contributed by atoms with Crippen molar-refractivity contribution in [3.8, 4) is 5.75 Å². The van der Waals surface area contributed by atoms with Crippen LogP contribution in [0.4, 0.5) is 0 Å². The van der Waals surface area contributed by atoms with E-state index in [1.165, 1.54) is 50.6 Å². The number of nitrogens with zero attached hydrogens (tertiary/aromatic N) is 1. The molecule has 1 N–H and O–H groups in total. The molecule has 0 aliphatic heterocycles. The van der Waals surface area contributed by atoms with Gasteiger partial charge in [0, 0.05) is 18.6 Å². The van der Waals surface area contributed by atoms with E-state index in [2.05, 4.69) is 48.3 Å². The van der Waals surface area contributed by atoms with E-state index in [0.717, 1.165) is 24.9 Å². The zero-order valence-electron chi connectivity index (χ0n) is 15.2. The Morgan fingerprint density at radius 3 is 2.39 bits per heavy atom. The standard InChI is InChI=1S/C20H34N2O/c1-4-15-22(18-9-7-6-8-10-18)20(16-21-5-2)17-11-13-19(23-3)14-12-17/h11-14,18,20-21H,4-10,15-16H2,1-3H3. The number of ether oxygens (including phenoxy) is 1. The molecule has 3 heteroatoms. The summed E-state index contributed by atoms with van der Waals surface area (Å²) in [5.74, 6) is 0.940. The number of hydrogen-bond donors (Lipinski definition) is 1. The molecule has 23 heavy (non-hydrogen) atoms. The molecule has 1 aliphatic rings. The summed E-state index contributed by atoms with van der Waals surface area (Å²) in [5.41, 5.74) is 1.41. The lowest BCUT2D eigenvalue weighted by Crippen LogP contribution is -2.43. The Labute approximate surface area is 142 Å². The third-order valence-corrected chi connectivity index (χ3v) is 5.01. The second kappa shape index (κ2) is 9.94. The smallest absolute Gasteiger partial charge is 0.118 e. The molecular weight excluding hydrogens is 284 g/mol. The van der Waals surface area contributed by atoms with Crippen LogP contribution in [0.15, 0.2) is 24.3 Å². The van der Waals surface area contributed by atoms with Gasteiger partial charge in [0.15, 0.2) is 0 Å². The van der Waals surface area contributed by atoms with E-state index in [1.807, 2.05) is 0 Å². The Morgan fingerprint density at radius 2 is 1.83 bits per heavy atom. The number of nitrogens with one attached hydrogen (secondary N) is 1. The number of rotatable bonds is 9. The van der Waals surface area contributed by atoms with E-state index in [4.69, 9.17) is 4.74 Å². The van der Waals surface area contributed by atoms with E-state index >= 15 is 0 Å². The van der Waals surface area contributed by atoms with Crippen LogP contribution in [0.1, 0.15) is 64.0 Å². The fourth-order valence-corrected chi connectivity index (χ4v) is 3.80. The minimum absolute atomic E-state index is 0.462. The fourth-order valence-electron chi connectivity index (χ4n) is 3.80. The second-order valence-corrected chi connectivity index (χ2v) is 6.63. The Hall–Kier alpha value is -1.06. The largest absolute Gasteiger partial charge is 0.497 e. The molecule has 0 radical (unpaired) electrons. The third kappa shape index (κ3) is 5.22. The first kappa shape index (κ1) is 18.3. The van der Waals surface area contributed by atoms with Crippen LogP contribution in [0.5, 0.6) is 5.75 Å². The molecule has 1 fully saturated rings. The van der Waals surface area contributed by atoms with E-state index < -0.39 is 0 Å². The first-order chi connectivity index (χ1) is 11.3. The van der Waals surface area contributed by atoms with E-state index in [1.54, 1.807) is 7.11 Å². The topological polar surface area (TPSA) is 24.5 Å². The fraction of sp³-hybridized carbons (Fsp3) is 0.700. The molecular formula is C20H34N2O. The average Bonchev–Trinajstić information content (AvgIpc) is 2.62. The lowest BCUT2D eigenvalue weighted by molar-refractivity contribution is 0.102. The van der Waals surface area contributed by atoms with Crippen LogP contribution in [0, 0.1) is 0 Å². The Kier molecular flexibility index (Phi) is 7.90. The second-order valence-electron chi connectivity index (χ2n) is 6.63. The predicted molar refractivity (Wildman–Crippen MR) is 98.1 cm³/mol. The van der Waals surface area contributed by atoms with Gasteiger partial charge in [-0.05, 0) is 50.0 Å². The normalized spacial score (nSPS) is 17.4. The molecule has 1 saturated carbocycles. The van der Waals surface area contributed by atoms with Crippen molar-refractivity contribution in [3.05, 3.63) is 29.8 Å². The van der Waals surface area contributed by atoms with Crippen molar-refractivity contribution >= 4 is 0 Å². The average molecular weight is 319 g/mol. The van der Waals surface area contributed by atoms with E-state index in [0.29, 0.717) is 6.04 Å². The van der Waals surface area contributed by atoms with E-state index in [-0.39, 0.29) is 0 Å². The first-order valence-corrected chi connectivity index (χ1v) is 9.40. The number of methoxy groups -OCH3 is 1. The molecule has 0 aromatic heterocycles. The molecule has 1 aromatic carbocycles. The Balaban J connectivity index is 2.20. The lowest BCUT2D eigenvalue weighted by atomic mass is 9.91. The highest BCUT2D eigenvalue weighted by atomic mass is 16.5. The van der Waals surface area contributed by atoms with Crippen LogP contribution in [-0.2, 0) is 0 Å². The van der Waals surface area contributed by atoms with Gasteiger partial charge in [0.1, 0.15) is 5.75 Å². The summed E-state index contributed by atoms with van der Waals surface area (Å²) >= 11 is 0. The van der Waals surface area contributed by atoms with E-state index in [9.17, 15) is 0 Å². The molecule has 1 unspecified atom stereocenters. The van der Waals surface area contributed by atoms with Crippen LogP contribution in [0.2, 0.25) is 0 Å². The summed E-state index contributed by atoms with van der Waals surface area (Å²) in [6, 6.07) is 9.88. The summed E-state index contributed by atoms with van der Waals surface area (Å²) in [7, 11) is 1.73. The Morgan fingerprint density at radius 1 is 1.13 bits per heavy atom. The number of hydrogen-bond acceptors (Lipinski definition) is 3. The van der Waals surface area contributed by atoms with Crippen molar-refractivity contribution in [1.29, 1.82) is 0 Å². The van der Waals surface area contributed by atoms with Gasteiger partial charge in [-0.25, -0.2) is 0 Å². The lowest BCUT2D eigenvalue weighted by Gasteiger charge is -2.40. The van der Waals surface area contributed by atoms with Crippen LogP contribution in [-0.4, -0.2) is 37.7 Å². The predicted octanol–water partition coefficient (Wildman–Crippen LogP) is 4.39. The van der Waals surface area contributed by atoms with Gasteiger partial charge in [0.2, 0.25) is 0 Å². The SMILES string of the molecule is CCCN(C1CCCCC1)C(CNCC)c1ccc(OC)cc1. The maximum absolute atomic E-state index is 5.33. The molecule has 0 bridgehead atoms. The molecule has 1 aliphatic carbocycles. The van der Waals surface area contributed by atoms with Crippen molar-refractivity contribution < 1.29 is 4.74 Å². The van der Waals surface area contributed by atoms with Crippen molar-refractivity contribution in [3.63, 3.8) is 0 Å². The molecule has 130 valence electrons. The maximum Gasteiger partial charge on any atom is 0.118 e. The minimum atomic E-state index is 0.462. The highest BCUT2D eigenvalue weighted by Crippen LogP contribution is 2.31. The molecule has 0 saturated heterocycles. The number of benzene rings is 1. The molecule has 1 atom stereocenters. The maximum atomic E-state index is 5.33. The summed E-state index contributed by atoms with van der Waals surface area (Å²) in [4.78, 5) is 2.77. The van der Waals surface area contributed by atoms with Crippen LogP contribution in [0.3, 0.4) is 0 Å². The third-order valence-electron chi connectivity index (χ3n) is 5.01. The zero-order chi connectivity index (χ0) is 16.5. The molecule has 3 nitrogen and oxygen atoms in total. The van der Waals surface area contributed by atoms with Crippen LogP contribution < -0.4 is 10.1 Å². The van der Waals surface area contributed by atoms with Crippen LogP contribution >= 0.6 is 0 Å². The van der Waals surface area contributed by atoms with Gasteiger partial charge >= 0.3 is 0 Å². The first-order valence-electron chi connectivity index (χ1n) is 9.40. The zero-order valence-corrected chi connectivity index (χ0v) is 15.2. The molecule has 2 rings (SSSR count). The number of likely N-dealkylation sites (N-methyl/N-ethyl adjacent to an activating group) is 1. The summed E-state index contributed by atoms with van der Waals surface area (Å²) < 4.78 is 5.33. The van der Waals surface area contributed by atoms with Gasteiger partial charge in [-0.3, -0.25) is 4.90 Å². The van der Waals surface area contributed by atoms with Gasteiger partial charge < -0.3 is 10.1 Å². The minimum Gasteiger partial charge on any atom is -0.497 e. The summed E-state index contributed by atoms with van der Waals surface area (Å²) in [6.45, 7) is 7.73. The van der Waals surface area contributed by atoms with Crippen molar-refractivity contribution in [1.82, 2.24) is 10.2 Å². The molecule has 0 amide bonds. The van der Waals surface area contributed by atoms with Crippen molar-refractivity contribution in [2.24, 2.45) is 0 Å². The highest BCUT2D eigenvalue weighted by Gasteiger charge is 2.27. The van der Waals surface area contributed by atoms with Gasteiger partial charge in [0.25, 0.3) is 0 Å². The Bertz CT molecular complexity index is 426. The molecule has 1 aromatic rings. The van der Waals surface area contributed by atoms with Crippen molar-refractivity contribution in [2.45, 2.75) is 64.5 Å². The monoisotopic (exact) mass is 318 g/mol. The molecule has 0 heterocycles.